The van der Waals surface area contributed by atoms with E-state index in [1.165, 1.54) is 75.7 Å². The van der Waals surface area contributed by atoms with Crippen LogP contribution in [-0.2, 0) is 5.41 Å². The molecule has 0 radical (unpaired) electrons. The van der Waals surface area contributed by atoms with Gasteiger partial charge >= 0.3 is 0 Å². The molecule has 0 spiro atoms. The minimum Gasteiger partial charge on any atom is -0.0616 e. The van der Waals surface area contributed by atoms with Crippen LogP contribution in [0.25, 0.3) is 32.7 Å². The van der Waals surface area contributed by atoms with Crippen LogP contribution in [-0.4, -0.2) is 0 Å². The summed E-state index contributed by atoms with van der Waals surface area (Å²) in [7, 11) is 0. The van der Waals surface area contributed by atoms with E-state index in [4.69, 9.17) is 0 Å². The number of hydrogen-bond donors (Lipinski definition) is 0. The van der Waals surface area contributed by atoms with Crippen LogP contribution in [0.1, 0.15) is 44.1 Å². The third-order valence-electron chi connectivity index (χ3n) is 8.69. The maximum Gasteiger partial charge on any atom is 0.0332 e. The highest BCUT2D eigenvalue weighted by atomic mass is 79.9. The van der Waals surface area contributed by atoms with Crippen LogP contribution < -0.4 is 0 Å². The second-order valence-corrected chi connectivity index (χ2v) is 11.3. The monoisotopic (exact) mass is 466 g/mol. The van der Waals surface area contributed by atoms with Crippen LogP contribution in [0.4, 0.5) is 0 Å². The second kappa shape index (κ2) is 6.69. The molecule has 0 nitrogen and oxygen atoms in total. The molecule has 4 aliphatic rings. The van der Waals surface area contributed by atoms with Crippen molar-refractivity contribution in [2.75, 3.05) is 0 Å². The van der Waals surface area contributed by atoms with Crippen molar-refractivity contribution in [2.24, 2.45) is 17.8 Å². The quantitative estimate of drug-likeness (QED) is 0.258. The predicted octanol–water partition coefficient (Wildman–Crippen LogP) is 8.89. The second-order valence-electron chi connectivity index (χ2n) is 10.6. The summed E-state index contributed by atoms with van der Waals surface area (Å²) in [6, 6.07) is 27.4. The van der Waals surface area contributed by atoms with Gasteiger partial charge in [-0.25, -0.2) is 0 Å². The van der Waals surface area contributed by atoms with Gasteiger partial charge < -0.3 is 0 Å². The number of halogens is 1. The molecule has 31 heavy (non-hydrogen) atoms. The molecule has 1 heteroatoms. The first-order chi connectivity index (χ1) is 15.2. The third-order valence-corrected chi connectivity index (χ3v) is 9.54. The van der Waals surface area contributed by atoms with Crippen molar-refractivity contribution in [1.29, 1.82) is 0 Å². The summed E-state index contributed by atoms with van der Waals surface area (Å²) in [5.41, 5.74) is 4.79. The Morgan fingerprint density at radius 2 is 1.03 bits per heavy atom. The standard InChI is InChI=1S/C30H27Br/c31-29-26-7-3-1-5-24(26)28(25-6-2-4-8-27(25)29)22-9-11-23(12-10-22)30-16-19-13-20(17-30)15-21(14-19)18-30/h1-12,19-21H,13-18H2. The minimum atomic E-state index is 0.469. The first kappa shape index (κ1) is 18.5. The zero-order valence-electron chi connectivity index (χ0n) is 17.8. The molecule has 0 heterocycles. The molecule has 0 saturated heterocycles. The predicted molar refractivity (Wildman–Crippen MR) is 134 cm³/mol. The van der Waals surface area contributed by atoms with E-state index in [2.05, 4.69) is 88.7 Å². The van der Waals surface area contributed by atoms with E-state index in [0.717, 1.165) is 17.8 Å². The van der Waals surface area contributed by atoms with E-state index in [-0.39, 0.29) is 0 Å². The Hall–Kier alpha value is -2.12. The molecule has 4 bridgehead atoms. The van der Waals surface area contributed by atoms with Crippen molar-refractivity contribution in [1.82, 2.24) is 0 Å². The molecule has 0 N–H and O–H groups in total. The van der Waals surface area contributed by atoms with E-state index in [0.29, 0.717) is 5.41 Å². The number of rotatable bonds is 2. The summed E-state index contributed by atoms with van der Waals surface area (Å²) >= 11 is 3.89. The fourth-order valence-electron chi connectivity index (χ4n) is 7.84. The molecule has 4 saturated carbocycles. The zero-order valence-corrected chi connectivity index (χ0v) is 19.4. The average Bonchev–Trinajstić information content (AvgIpc) is 2.79. The van der Waals surface area contributed by atoms with Crippen LogP contribution in [0.5, 0.6) is 0 Å². The van der Waals surface area contributed by atoms with Gasteiger partial charge in [-0.05, 0) is 116 Å². The van der Waals surface area contributed by atoms with Gasteiger partial charge in [-0.3, -0.25) is 0 Å². The summed E-state index contributed by atoms with van der Waals surface area (Å²) in [4.78, 5) is 0. The van der Waals surface area contributed by atoms with Crippen molar-refractivity contribution < 1.29 is 0 Å². The molecule has 0 unspecified atom stereocenters. The van der Waals surface area contributed by atoms with Gasteiger partial charge in [-0.2, -0.15) is 0 Å². The van der Waals surface area contributed by atoms with Crippen LogP contribution in [0.15, 0.2) is 77.3 Å². The fourth-order valence-corrected chi connectivity index (χ4v) is 8.53. The zero-order chi connectivity index (χ0) is 20.6. The van der Waals surface area contributed by atoms with Crippen molar-refractivity contribution >= 4 is 37.5 Å². The Balaban J connectivity index is 1.39. The highest BCUT2D eigenvalue weighted by molar-refractivity contribution is 9.10. The average molecular weight is 467 g/mol. The van der Waals surface area contributed by atoms with Crippen molar-refractivity contribution in [3.05, 3.63) is 82.8 Å². The molecule has 154 valence electrons. The normalized spacial score (nSPS) is 29.1. The lowest BCUT2D eigenvalue weighted by atomic mass is 9.48. The lowest BCUT2D eigenvalue weighted by Crippen LogP contribution is -2.48. The van der Waals surface area contributed by atoms with E-state index < -0.39 is 0 Å². The topological polar surface area (TPSA) is 0 Å². The summed E-state index contributed by atoms with van der Waals surface area (Å²) in [6.45, 7) is 0. The molecule has 4 aromatic rings. The van der Waals surface area contributed by atoms with Gasteiger partial charge in [0.1, 0.15) is 0 Å². The molecule has 0 aliphatic heterocycles. The first-order valence-electron chi connectivity index (χ1n) is 11.9. The van der Waals surface area contributed by atoms with Gasteiger partial charge in [-0.15, -0.1) is 0 Å². The fraction of sp³-hybridized carbons (Fsp3) is 0.333. The lowest BCUT2D eigenvalue weighted by molar-refractivity contribution is -0.00518. The summed E-state index contributed by atoms with van der Waals surface area (Å²) in [5, 5.41) is 5.24. The Kier molecular flexibility index (Phi) is 3.98. The minimum absolute atomic E-state index is 0.469. The van der Waals surface area contributed by atoms with Crippen molar-refractivity contribution in [2.45, 2.75) is 43.9 Å². The molecule has 0 aromatic heterocycles. The molecular formula is C30H27Br. The summed E-state index contributed by atoms with van der Waals surface area (Å²) in [5.74, 6) is 2.97. The molecule has 4 fully saturated rings. The molecule has 4 aromatic carbocycles. The maximum absolute atomic E-state index is 3.89. The SMILES string of the molecule is Brc1c2ccccc2c(-c2ccc(C34CC5CC(CC(C5)C3)C4)cc2)c2ccccc12. The Labute approximate surface area is 192 Å². The van der Waals surface area contributed by atoms with Crippen LogP contribution in [0.2, 0.25) is 0 Å². The van der Waals surface area contributed by atoms with E-state index in [9.17, 15) is 0 Å². The third kappa shape index (κ3) is 2.72. The molecular weight excluding hydrogens is 440 g/mol. The number of fused-ring (bicyclic) bond motifs is 2. The van der Waals surface area contributed by atoms with E-state index in [1.54, 1.807) is 5.56 Å². The van der Waals surface area contributed by atoms with E-state index >= 15 is 0 Å². The molecule has 4 aliphatic carbocycles. The Morgan fingerprint density at radius 1 is 0.581 bits per heavy atom. The smallest absolute Gasteiger partial charge is 0.0332 e. The first-order valence-corrected chi connectivity index (χ1v) is 12.7. The summed E-state index contributed by atoms with van der Waals surface area (Å²) in [6.07, 6.45) is 8.82. The molecule has 0 atom stereocenters. The highest BCUT2D eigenvalue weighted by Gasteiger charge is 2.51. The van der Waals surface area contributed by atoms with Crippen LogP contribution in [0.3, 0.4) is 0 Å². The number of hydrogen-bond acceptors (Lipinski definition) is 0. The number of benzene rings is 4. The largest absolute Gasteiger partial charge is 0.0616 e. The van der Waals surface area contributed by atoms with Gasteiger partial charge in [0, 0.05) is 4.47 Å². The Bertz CT molecular complexity index is 1220. The van der Waals surface area contributed by atoms with Gasteiger partial charge in [-0.1, -0.05) is 72.8 Å². The lowest BCUT2D eigenvalue weighted by Gasteiger charge is -2.57. The highest BCUT2D eigenvalue weighted by Crippen LogP contribution is 2.60. The van der Waals surface area contributed by atoms with E-state index in [1.807, 2.05) is 0 Å². The van der Waals surface area contributed by atoms with Gasteiger partial charge in [0.15, 0.2) is 0 Å². The summed E-state index contributed by atoms with van der Waals surface area (Å²) < 4.78 is 1.20. The van der Waals surface area contributed by atoms with Gasteiger partial charge in [0.25, 0.3) is 0 Å². The Morgan fingerprint density at radius 3 is 1.52 bits per heavy atom. The van der Waals surface area contributed by atoms with Crippen molar-refractivity contribution in [3.63, 3.8) is 0 Å². The van der Waals surface area contributed by atoms with Gasteiger partial charge in [0.2, 0.25) is 0 Å². The van der Waals surface area contributed by atoms with Crippen LogP contribution in [0, 0.1) is 17.8 Å². The molecule has 8 rings (SSSR count). The van der Waals surface area contributed by atoms with Crippen molar-refractivity contribution in [3.8, 4) is 11.1 Å². The van der Waals surface area contributed by atoms with Crippen LogP contribution >= 0.6 is 15.9 Å². The van der Waals surface area contributed by atoms with Gasteiger partial charge in [0.05, 0.1) is 0 Å². The molecule has 0 amide bonds. The maximum atomic E-state index is 3.89.